The van der Waals surface area contributed by atoms with Gasteiger partial charge in [0.05, 0.1) is 0 Å². The van der Waals surface area contributed by atoms with Gasteiger partial charge in [-0.2, -0.15) is 13.2 Å². The first-order chi connectivity index (χ1) is 9.73. The van der Waals surface area contributed by atoms with Gasteiger partial charge in [-0.25, -0.2) is 0 Å². The van der Waals surface area contributed by atoms with Gasteiger partial charge < -0.3 is 9.47 Å². The van der Waals surface area contributed by atoms with Crippen molar-refractivity contribution in [1.29, 1.82) is 0 Å². The van der Waals surface area contributed by atoms with E-state index in [1.807, 2.05) is 0 Å². The monoisotopic (exact) mass is 342 g/mol. The number of benzene rings is 1. The Morgan fingerprint density at radius 1 is 0.818 bits per heavy atom. The molecule has 0 aliphatic carbocycles. The number of hydrogen-bond donors (Lipinski definition) is 0. The highest BCUT2D eigenvalue weighted by atomic mass is 19.4. The van der Waals surface area contributed by atoms with Crippen molar-refractivity contribution in [3.05, 3.63) is 23.3 Å². The minimum atomic E-state index is -5.72. The van der Waals surface area contributed by atoms with Crippen LogP contribution in [0.4, 0.5) is 39.5 Å². The summed E-state index contributed by atoms with van der Waals surface area (Å²) in [5.41, 5.74) is -3.23. The fraction of sp³-hybridized carbons (Fsp3) is 0.300. The molecule has 1 rings (SSSR count). The Hall–Kier alpha value is -2.14. The molecule has 1 aromatic carbocycles. The third kappa shape index (κ3) is 5.00. The van der Waals surface area contributed by atoms with Crippen LogP contribution in [0.2, 0.25) is 0 Å². The molecule has 0 N–H and O–H groups in total. The predicted molar refractivity (Wildman–Crippen MR) is 50.2 cm³/mol. The number of carbonyl (C=O) groups is 1. The maximum absolute atomic E-state index is 12.7. The maximum Gasteiger partial charge on any atom is 0.573 e. The van der Waals surface area contributed by atoms with E-state index in [4.69, 9.17) is 0 Å². The summed E-state index contributed by atoms with van der Waals surface area (Å²) in [6.45, 7) is 0. The Bertz CT molecular complexity index is 556. The van der Waals surface area contributed by atoms with Gasteiger partial charge in [-0.1, -0.05) is 0 Å². The van der Waals surface area contributed by atoms with E-state index < -0.39 is 41.5 Å². The zero-order valence-corrected chi connectivity index (χ0v) is 9.86. The molecule has 0 aliphatic rings. The molecule has 1 aromatic rings. The van der Waals surface area contributed by atoms with E-state index >= 15 is 0 Å². The van der Waals surface area contributed by atoms with Crippen molar-refractivity contribution < 1.29 is 53.8 Å². The zero-order chi connectivity index (χ0) is 17.3. The molecule has 0 saturated heterocycles. The summed E-state index contributed by atoms with van der Waals surface area (Å²) in [5, 5.41) is 0. The van der Waals surface area contributed by atoms with E-state index in [0.29, 0.717) is 0 Å². The van der Waals surface area contributed by atoms with Crippen molar-refractivity contribution in [1.82, 2.24) is 0 Å². The number of halogens is 9. The highest BCUT2D eigenvalue weighted by Gasteiger charge is 2.43. The standard InChI is InChI=1S/C10H3F9O3/c11-8(12,13)5-1-4(3-20)2-6(21-9(14,15)16)7(5)22-10(17,18)19/h1-3H. The lowest BCUT2D eigenvalue weighted by Gasteiger charge is -2.20. The van der Waals surface area contributed by atoms with Crippen LogP contribution in [0.15, 0.2) is 12.1 Å². The second-order valence-corrected chi connectivity index (χ2v) is 3.61. The smallest absolute Gasteiger partial charge is 0.402 e. The largest absolute Gasteiger partial charge is 0.573 e. The minimum Gasteiger partial charge on any atom is -0.402 e. The minimum absolute atomic E-state index is 0.0385. The molecule has 12 heteroatoms. The summed E-state index contributed by atoms with van der Waals surface area (Å²) in [7, 11) is 0. The summed E-state index contributed by atoms with van der Waals surface area (Å²) in [6, 6.07) is -0.0614. The van der Waals surface area contributed by atoms with Gasteiger partial charge in [-0.3, -0.25) is 4.79 Å². The van der Waals surface area contributed by atoms with E-state index in [1.165, 1.54) is 0 Å². The van der Waals surface area contributed by atoms with E-state index in [2.05, 4.69) is 9.47 Å². The van der Waals surface area contributed by atoms with E-state index in [1.54, 1.807) is 0 Å². The lowest BCUT2D eigenvalue weighted by Crippen LogP contribution is -2.24. The van der Waals surface area contributed by atoms with Crippen LogP contribution in [0.1, 0.15) is 15.9 Å². The first-order valence-corrected chi connectivity index (χ1v) is 4.95. The van der Waals surface area contributed by atoms with Crippen LogP contribution in [0.3, 0.4) is 0 Å². The molecular formula is C10H3F9O3. The van der Waals surface area contributed by atoms with Crippen molar-refractivity contribution >= 4 is 6.29 Å². The Kier molecular flexibility index (Phi) is 4.54. The van der Waals surface area contributed by atoms with Crippen LogP contribution in [-0.4, -0.2) is 19.0 Å². The zero-order valence-electron chi connectivity index (χ0n) is 9.86. The SMILES string of the molecule is O=Cc1cc(OC(F)(F)F)c(OC(F)(F)F)c(C(F)(F)F)c1. The number of carbonyl (C=O) groups excluding carboxylic acids is 1. The Labute approximate surface area is 115 Å². The maximum atomic E-state index is 12.7. The lowest BCUT2D eigenvalue weighted by molar-refractivity contribution is -0.288. The first-order valence-electron chi connectivity index (χ1n) is 4.95. The summed E-state index contributed by atoms with van der Waals surface area (Å²) in [6.07, 6.45) is -17.1. The number of ether oxygens (including phenoxy) is 2. The second kappa shape index (κ2) is 5.57. The fourth-order valence-corrected chi connectivity index (χ4v) is 1.32. The Morgan fingerprint density at radius 3 is 1.68 bits per heavy atom. The van der Waals surface area contributed by atoms with Gasteiger partial charge in [0, 0.05) is 5.56 Å². The van der Waals surface area contributed by atoms with Crippen LogP contribution in [0, 0.1) is 0 Å². The highest BCUT2D eigenvalue weighted by molar-refractivity contribution is 5.77. The average Bonchev–Trinajstić information content (AvgIpc) is 2.25. The molecule has 0 heterocycles. The van der Waals surface area contributed by atoms with Crippen molar-refractivity contribution in [2.24, 2.45) is 0 Å². The Morgan fingerprint density at radius 2 is 1.32 bits per heavy atom. The molecule has 3 nitrogen and oxygen atoms in total. The second-order valence-electron chi connectivity index (χ2n) is 3.61. The molecule has 124 valence electrons. The van der Waals surface area contributed by atoms with Crippen LogP contribution >= 0.6 is 0 Å². The third-order valence-electron chi connectivity index (χ3n) is 1.96. The summed E-state index contributed by atoms with van der Waals surface area (Å²) in [4.78, 5) is 10.4. The van der Waals surface area contributed by atoms with Crippen molar-refractivity contribution in [2.45, 2.75) is 18.9 Å². The van der Waals surface area contributed by atoms with Crippen molar-refractivity contribution in [3.63, 3.8) is 0 Å². The van der Waals surface area contributed by atoms with E-state index in [0.717, 1.165) is 0 Å². The van der Waals surface area contributed by atoms with Gasteiger partial charge in [0.15, 0.2) is 11.5 Å². The number of hydrogen-bond acceptors (Lipinski definition) is 3. The van der Waals surface area contributed by atoms with Crippen LogP contribution < -0.4 is 9.47 Å². The molecule has 0 saturated carbocycles. The van der Waals surface area contributed by atoms with Crippen LogP contribution in [0.5, 0.6) is 11.5 Å². The molecule has 0 fully saturated rings. The van der Waals surface area contributed by atoms with Gasteiger partial charge in [0.2, 0.25) is 0 Å². The quantitative estimate of drug-likeness (QED) is 0.606. The molecular weight excluding hydrogens is 339 g/mol. The van der Waals surface area contributed by atoms with Crippen LogP contribution in [0.25, 0.3) is 0 Å². The molecule has 0 unspecified atom stereocenters. The molecule has 0 spiro atoms. The summed E-state index contributed by atoms with van der Waals surface area (Å²) >= 11 is 0. The van der Waals surface area contributed by atoms with Gasteiger partial charge in [-0.05, 0) is 12.1 Å². The third-order valence-corrected chi connectivity index (χ3v) is 1.96. The topological polar surface area (TPSA) is 35.5 Å². The number of rotatable bonds is 3. The van der Waals surface area contributed by atoms with Crippen molar-refractivity contribution in [3.8, 4) is 11.5 Å². The predicted octanol–water partition coefficient (Wildman–Crippen LogP) is 4.32. The number of alkyl halides is 9. The summed E-state index contributed by atoms with van der Waals surface area (Å²) < 4.78 is 117. The number of aldehydes is 1. The van der Waals surface area contributed by atoms with Gasteiger partial charge in [0.1, 0.15) is 11.8 Å². The van der Waals surface area contributed by atoms with Crippen LogP contribution in [-0.2, 0) is 6.18 Å². The molecule has 0 aromatic heterocycles. The normalized spacial score (nSPS) is 13.0. The molecule has 0 amide bonds. The highest BCUT2D eigenvalue weighted by Crippen LogP contribution is 2.45. The average molecular weight is 342 g/mol. The van der Waals surface area contributed by atoms with E-state index in [9.17, 15) is 44.3 Å². The Balaban J connectivity index is 3.59. The molecule has 0 atom stereocenters. The molecule has 0 aliphatic heterocycles. The van der Waals surface area contributed by atoms with Gasteiger partial charge >= 0.3 is 18.9 Å². The molecule has 0 radical (unpaired) electrons. The molecule has 0 bridgehead atoms. The summed E-state index contributed by atoms with van der Waals surface area (Å²) in [5.74, 6) is -4.19. The van der Waals surface area contributed by atoms with Gasteiger partial charge in [-0.15, -0.1) is 26.3 Å². The van der Waals surface area contributed by atoms with E-state index in [-0.39, 0.29) is 18.4 Å². The first kappa shape index (κ1) is 17.9. The lowest BCUT2D eigenvalue weighted by atomic mass is 10.1. The molecule has 22 heavy (non-hydrogen) atoms. The van der Waals surface area contributed by atoms with Crippen molar-refractivity contribution in [2.75, 3.05) is 0 Å². The van der Waals surface area contributed by atoms with Gasteiger partial charge in [0.25, 0.3) is 0 Å². The fourth-order valence-electron chi connectivity index (χ4n) is 1.32.